The molecule has 1 atom stereocenters. The first-order valence-corrected chi connectivity index (χ1v) is 22.2. The van der Waals surface area contributed by atoms with E-state index in [1.165, 1.54) is 10.4 Å². The summed E-state index contributed by atoms with van der Waals surface area (Å²) >= 11 is 0. The van der Waals surface area contributed by atoms with Crippen LogP contribution in [0.1, 0.15) is 79.6 Å². The topological polar surface area (TPSA) is 18.5 Å². The van der Waals surface area contributed by atoms with Gasteiger partial charge in [0.25, 0.3) is 8.32 Å². The van der Waals surface area contributed by atoms with Crippen molar-refractivity contribution in [1.29, 1.82) is 0 Å². The van der Waals surface area contributed by atoms with Crippen LogP contribution < -0.4 is 10.4 Å². The van der Waals surface area contributed by atoms with Crippen LogP contribution in [0.4, 0.5) is 0 Å². The van der Waals surface area contributed by atoms with Crippen molar-refractivity contribution in [2.45, 2.75) is 116 Å². The van der Waals surface area contributed by atoms with Crippen LogP contribution in [0, 0.1) is 5.92 Å². The average Bonchev–Trinajstić information content (AvgIpc) is 2.83. The first-order valence-electron chi connectivity index (χ1n) is 14.6. The summed E-state index contributed by atoms with van der Waals surface area (Å²) in [5.74, 6) is 0.594. The molecule has 2 aromatic rings. The molecule has 0 bridgehead atoms. The zero-order valence-electron chi connectivity index (χ0n) is 24.8. The summed E-state index contributed by atoms with van der Waals surface area (Å²) in [6.45, 7) is 21.5. The third-order valence-corrected chi connectivity index (χ3v) is 16.7. The van der Waals surface area contributed by atoms with Gasteiger partial charge in [0.15, 0.2) is 9.04 Å². The lowest BCUT2D eigenvalue weighted by Gasteiger charge is -2.55. The molecule has 0 saturated carbocycles. The molecule has 0 N–H and O–H groups in total. The van der Waals surface area contributed by atoms with E-state index in [0.29, 0.717) is 5.92 Å². The molecule has 0 spiro atoms. The number of benzene rings is 2. The van der Waals surface area contributed by atoms with Crippen molar-refractivity contribution in [2.75, 3.05) is 0 Å². The van der Waals surface area contributed by atoms with Gasteiger partial charge in [0.05, 0.1) is 14.0 Å². The predicted octanol–water partition coefficient (Wildman–Crippen LogP) is 7.25. The second-order valence-corrected chi connectivity index (χ2v) is 21.1. The van der Waals surface area contributed by atoms with E-state index in [-0.39, 0.29) is 10.4 Å². The highest BCUT2D eigenvalue weighted by molar-refractivity contribution is 7.00. The summed E-state index contributed by atoms with van der Waals surface area (Å²) in [6, 6.07) is 22.6. The summed E-state index contributed by atoms with van der Waals surface area (Å²) < 4.78 is 15.6. The van der Waals surface area contributed by atoms with Crippen molar-refractivity contribution in [1.82, 2.24) is 0 Å². The lowest BCUT2D eigenvalue weighted by molar-refractivity contribution is 0.0495. The van der Waals surface area contributed by atoms with Crippen LogP contribution in [0.25, 0.3) is 0 Å². The van der Waals surface area contributed by atoms with Gasteiger partial charge >= 0.3 is 0 Å². The molecule has 0 aliphatic heterocycles. The normalized spacial score (nSPS) is 14.6. The average molecular weight is 543 g/mol. The van der Waals surface area contributed by atoms with Gasteiger partial charge in [0, 0.05) is 5.22 Å². The Hall–Kier alpha value is -0.989. The summed E-state index contributed by atoms with van der Waals surface area (Å²) in [5.41, 5.74) is 0. The lowest BCUT2D eigenvalue weighted by Crippen LogP contribution is -2.79. The molecule has 36 heavy (non-hydrogen) atoms. The fourth-order valence-corrected chi connectivity index (χ4v) is 17.4. The Morgan fingerprint density at radius 3 is 1.50 bits per heavy atom. The Labute approximate surface area is 227 Å². The first kappa shape index (κ1) is 31.2. The van der Waals surface area contributed by atoms with Crippen LogP contribution in [-0.4, -0.2) is 36.6 Å². The highest BCUT2D eigenvalue weighted by Crippen LogP contribution is 2.42. The summed E-state index contributed by atoms with van der Waals surface area (Å²) in [6.07, 6.45) is 7.72. The molecule has 0 fully saturated rings. The smallest absolute Gasteiger partial charge is 0.286 e. The van der Waals surface area contributed by atoms with Gasteiger partial charge in [0.2, 0.25) is 0 Å². The van der Waals surface area contributed by atoms with E-state index in [0.717, 1.165) is 44.9 Å². The Morgan fingerprint density at radius 2 is 1.17 bits per heavy atom. The molecule has 0 amide bonds. The first-order chi connectivity index (χ1) is 17.1. The molecular weight excluding hydrogens is 489 g/mol. The monoisotopic (exact) mass is 542 g/mol. The molecule has 1 unspecified atom stereocenters. The third kappa shape index (κ3) is 6.90. The summed E-state index contributed by atoms with van der Waals surface area (Å²) in [5, 5.41) is 2.42. The SMILES string of the molecule is CCCC(CC(C)C)(O[Si](c1ccccc1)(c1ccccc1)C(CCC)(CCC)O[SiH](C)C)[SiH](C)C. The van der Waals surface area contributed by atoms with Crippen molar-refractivity contribution in [3.63, 3.8) is 0 Å². The van der Waals surface area contributed by atoms with Gasteiger partial charge in [0.1, 0.15) is 0 Å². The van der Waals surface area contributed by atoms with E-state index < -0.39 is 26.2 Å². The molecule has 0 saturated heterocycles. The molecule has 0 aliphatic carbocycles. The van der Waals surface area contributed by atoms with Crippen LogP contribution in [-0.2, 0) is 8.85 Å². The maximum Gasteiger partial charge on any atom is 0.286 e. The molecule has 0 aromatic heterocycles. The zero-order chi connectivity index (χ0) is 26.8. The Morgan fingerprint density at radius 1 is 0.722 bits per heavy atom. The minimum Gasteiger partial charge on any atom is -0.414 e. The predicted molar refractivity (Wildman–Crippen MR) is 167 cm³/mol. The van der Waals surface area contributed by atoms with Crippen molar-refractivity contribution in [3.05, 3.63) is 60.7 Å². The van der Waals surface area contributed by atoms with Crippen LogP contribution in [0.5, 0.6) is 0 Å². The largest absolute Gasteiger partial charge is 0.414 e. The van der Waals surface area contributed by atoms with Crippen LogP contribution in [0.2, 0.25) is 26.2 Å². The molecular formula is C31H54O2Si3. The minimum atomic E-state index is -2.89. The summed E-state index contributed by atoms with van der Waals surface area (Å²) in [7, 11) is -5.49. The molecule has 2 nitrogen and oxygen atoms in total. The van der Waals surface area contributed by atoms with Crippen LogP contribution in [0.15, 0.2) is 60.7 Å². The fraction of sp³-hybridized carbons (Fsp3) is 0.613. The van der Waals surface area contributed by atoms with Gasteiger partial charge in [-0.3, -0.25) is 0 Å². The highest BCUT2D eigenvalue weighted by atomic mass is 28.4. The van der Waals surface area contributed by atoms with E-state index in [1.54, 1.807) is 0 Å². The molecule has 0 radical (unpaired) electrons. The van der Waals surface area contributed by atoms with Gasteiger partial charge in [-0.2, -0.15) is 0 Å². The van der Waals surface area contributed by atoms with Gasteiger partial charge in [-0.1, -0.05) is 128 Å². The van der Waals surface area contributed by atoms with Gasteiger partial charge in [-0.05, 0) is 55.1 Å². The van der Waals surface area contributed by atoms with E-state index in [1.807, 2.05) is 0 Å². The molecule has 2 aromatic carbocycles. The van der Waals surface area contributed by atoms with Gasteiger partial charge in [-0.15, -0.1) is 0 Å². The van der Waals surface area contributed by atoms with Crippen molar-refractivity contribution >= 4 is 36.5 Å². The summed E-state index contributed by atoms with van der Waals surface area (Å²) in [4.78, 5) is 0. The molecule has 0 heterocycles. The quantitative estimate of drug-likeness (QED) is 0.208. The van der Waals surface area contributed by atoms with Crippen molar-refractivity contribution in [2.24, 2.45) is 5.92 Å². The van der Waals surface area contributed by atoms with Crippen molar-refractivity contribution in [3.8, 4) is 0 Å². The maximum absolute atomic E-state index is 8.18. The molecule has 2 rings (SSSR count). The lowest BCUT2D eigenvalue weighted by atomic mass is 10.0. The zero-order valence-corrected chi connectivity index (χ0v) is 28.1. The van der Waals surface area contributed by atoms with Gasteiger partial charge < -0.3 is 8.85 Å². The minimum absolute atomic E-state index is 0.0601. The maximum atomic E-state index is 8.18. The van der Waals surface area contributed by atoms with E-state index >= 15 is 0 Å². The van der Waals surface area contributed by atoms with Crippen molar-refractivity contribution < 1.29 is 8.85 Å². The Balaban J connectivity index is 3.07. The van der Waals surface area contributed by atoms with E-state index in [9.17, 15) is 0 Å². The molecule has 0 aliphatic rings. The van der Waals surface area contributed by atoms with Crippen LogP contribution >= 0.6 is 0 Å². The molecule has 202 valence electrons. The standard InChI is InChI=1S/C31H54O2Si3/c1-10-23-30(34(6)7,26-27(4)5)33-36(28-19-15-13-16-20-28,29-21-17-14-18-22-29)31(24-11-2,25-12-3)32-35(8)9/h13-22,27,34-35H,10-12,23-26H2,1-9H3. The Kier molecular flexibility index (Phi) is 12.4. The second-order valence-electron chi connectivity index (χ2n) is 11.7. The van der Waals surface area contributed by atoms with E-state index in [2.05, 4.69) is 121 Å². The molecule has 5 heteroatoms. The highest BCUT2D eigenvalue weighted by Gasteiger charge is 2.61. The fourth-order valence-electron chi connectivity index (χ4n) is 6.44. The number of hydrogen-bond donors (Lipinski definition) is 0. The van der Waals surface area contributed by atoms with Crippen LogP contribution in [0.3, 0.4) is 0 Å². The number of hydrogen-bond acceptors (Lipinski definition) is 2. The Bertz CT molecular complexity index is 824. The van der Waals surface area contributed by atoms with Gasteiger partial charge in [-0.25, -0.2) is 0 Å². The third-order valence-electron chi connectivity index (χ3n) is 7.61. The second kappa shape index (κ2) is 14.2. The van der Waals surface area contributed by atoms with E-state index in [4.69, 9.17) is 8.85 Å². The number of rotatable bonds is 16.